The first-order valence-electron chi connectivity index (χ1n) is 12.4. The van der Waals surface area contributed by atoms with Crippen molar-refractivity contribution in [2.75, 3.05) is 18.4 Å². The second kappa shape index (κ2) is 11.4. The number of carbonyl (C=O) groups is 1. The van der Waals surface area contributed by atoms with Crippen LogP contribution >= 0.6 is 0 Å². The lowest BCUT2D eigenvalue weighted by atomic mass is 9.88. The average Bonchev–Trinajstić information content (AvgIpc) is 2.95. The largest absolute Gasteiger partial charge is 0.439 e. The number of hydrogen-bond donors (Lipinski definition) is 1. The van der Waals surface area contributed by atoms with Crippen LogP contribution in [-0.4, -0.2) is 34.0 Å². The Morgan fingerprint density at radius 3 is 2.31 bits per heavy atom. The summed E-state index contributed by atoms with van der Waals surface area (Å²) < 4.78 is 44.4. The van der Waals surface area contributed by atoms with E-state index in [1.54, 1.807) is 35.5 Å². The molecule has 2 aromatic heterocycles. The Bertz CT molecular complexity index is 1450. The van der Waals surface area contributed by atoms with Crippen LogP contribution in [0.2, 0.25) is 0 Å². The van der Waals surface area contributed by atoms with Crippen molar-refractivity contribution in [3.05, 3.63) is 120 Å². The van der Waals surface area contributed by atoms with E-state index in [1.165, 1.54) is 11.6 Å². The minimum atomic E-state index is -4.46. The summed E-state index contributed by atoms with van der Waals surface area (Å²) in [5.74, 6) is 0.532. The Balaban J connectivity index is 1.37. The smallest absolute Gasteiger partial charge is 0.417 e. The van der Waals surface area contributed by atoms with Gasteiger partial charge in [0.1, 0.15) is 5.75 Å². The number of nitrogens with one attached hydrogen (secondary N) is 1. The van der Waals surface area contributed by atoms with E-state index in [9.17, 15) is 18.0 Å². The normalized spacial score (nSPS) is 13.6. The second-order valence-electron chi connectivity index (χ2n) is 9.02. The van der Waals surface area contributed by atoms with Gasteiger partial charge in [-0.2, -0.15) is 13.2 Å². The van der Waals surface area contributed by atoms with Crippen LogP contribution < -0.4 is 10.1 Å². The van der Waals surface area contributed by atoms with Crippen LogP contribution in [0.5, 0.6) is 11.6 Å². The second-order valence-corrected chi connectivity index (χ2v) is 9.02. The van der Waals surface area contributed by atoms with E-state index in [0.29, 0.717) is 37.4 Å². The fraction of sp³-hybridized carbons (Fsp3) is 0.167. The molecule has 2 aromatic carbocycles. The monoisotopic (exact) mass is 530 g/mol. The Labute approximate surface area is 223 Å². The minimum Gasteiger partial charge on any atom is -0.439 e. The zero-order valence-corrected chi connectivity index (χ0v) is 20.9. The molecule has 1 N–H and O–H groups in total. The van der Waals surface area contributed by atoms with Crippen LogP contribution in [0.1, 0.15) is 29.5 Å². The topological polar surface area (TPSA) is 67.4 Å². The molecule has 1 fully saturated rings. The molecule has 1 aliphatic rings. The molecule has 198 valence electrons. The molecular weight excluding hydrogens is 505 g/mol. The van der Waals surface area contributed by atoms with E-state index in [-0.39, 0.29) is 11.9 Å². The van der Waals surface area contributed by atoms with Crippen molar-refractivity contribution in [3.63, 3.8) is 0 Å². The number of likely N-dealkylation sites (tertiary alicyclic amines) is 1. The third-order valence-electron chi connectivity index (χ3n) is 6.39. The van der Waals surface area contributed by atoms with E-state index in [0.717, 1.165) is 29.0 Å². The molecule has 9 heteroatoms. The molecule has 4 aromatic rings. The summed E-state index contributed by atoms with van der Waals surface area (Å²) in [6, 6.07) is 22.9. The number of ether oxygens (including phenoxy) is 1. The van der Waals surface area contributed by atoms with Gasteiger partial charge in [0.25, 0.3) is 0 Å². The van der Waals surface area contributed by atoms with Crippen molar-refractivity contribution in [2.24, 2.45) is 0 Å². The van der Waals surface area contributed by atoms with Gasteiger partial charge in [-0.1, -0.05) is 48.0 Å². The highest BCUT2D eigenvalue weighted by Crippen LogP contribution is 2.35. The van der Waals surface area contributed by atoms with Crippen molar-refractivity contribution in [2.45, 2.75) is 19.0 Å². The Morgan fingerprint density at radius 2 is 1.64 bits per heavy atom. The number of urea groups is 1. The Kier molecular flexibility index (Phi) is 7.58. The minimum absolute atomic E-state index is 0.0713. The first-order chi connectivity index (χ1) is 18.9. The van der Waals surface area contributed by atoms with Gasteiger partial charge < -0.3 is 15.0 Å². The molecule has 0 radical (unpaired) electrons. The average molecular weight is 531 g/mol. The van der Waals surface area contributed by atoms with E-state index in [1.807, 2.05) is 48.5 Å². The number of amides is 2. The van der Waals surface area contributed by atoms with E-state index >= 15 is 0 Å². The van der Waals surface area contributed by atoms with Gasteiger partial charge in [-0.25, -0.2) is 9.78 Å². The van der Waals surface area contributed by atoms with Gasteiger partial charge in [-0.3, -0.25) is 4.98 Å². The molecule has 0 spiro atoms. The van der Waals surface area contributed by atoms with Crippen molar-refractivity contribution < 1.29 is 22.7 Å². The molecule has 0 saturated carbocycles. The van der Waals surface area contributed by atoms with E-state index in [4.69, 9.17) is 4.74 Å². The predicted molar refractivity (Wildman–Crippen MR) is 142 cm³/mol. The number of piperidine rings is 1. The highest BCUT2D eigenvalue weighted by molar-refractivity contribution is 5.89. The quantitative estimate of drug-likeness (QED) is 0.292. The first-order valence-corrected chi connectivity index (χ1v) is 12.4. The lowest BCUT2D eigenvalue weighted by molar-refractivity contribution is -0.137. The number of anilines is 1. The summed E-state index contributed by atoms with van der Waals surface area (Å²) >= 11 is 0. The molecule has 1 aliphatic heterocycles. The molecule has 0 aliphatic carbocycles. The number of aromatic nitrogens is 2. The highest BCUT2D eigenvalue weighted by atomic mass is 19.4. The highest BCUT2D eigenvalue weighted by Gasteiger charge is 2.30. The summed E-state index contributed by atoms with van der Waals surface area (Å²) in [5.41, 5.74) is 4.01. The third-order valence-corrected chi connectivity index (χ3v) is 6.39. The van der Waals surface area contributed by atoms with Crippen molar-refractivity contribution in [1.29, 1.82) is 0 Å². The molecule has 2 amide bonds. The van der Waals surface area contributed by atoms with Crippen LogP contribution in [0, 0.1) is 0 Å². The number of rotatable bonds is 5. The summed E-state index contributed by atoms with van der Waals surface area (Å²) in [4.78, 5) is 22.4. The molecule has 3 heterocycles. The fourth-order valence-corrected chi connectivity index (χ4v) is 4.49. The van der Waals surface area contributed by atoms with Crippen molar-refractivity contribution in [1.82, 2.24) is 14.9 Å². The third kappa shape index (κ3) is 6.43. The molecule has 0 atom stereocenters. The number of alkyl halides is 3. The van der Waals surface area contributed by atoms with Gasteiger partial charge >= 0.3 is 12.2 Å². The van der Waals surface area contributed by atoms with Crippen LogP contribution in [0.15, 0.2) is 103 Å². The van der Waals surface area contributed by atoms with Gasteiger partial charge in [0.05, 0.1) is 17.4 Å². The van der Waals surface area contributed by atoms with E-state index < -0.39 is 11.7 Å². The van der Waals surface area contributed by atoms with Gasteiger partial charge in [0, 0.05) is 31.5 Å². The van der Waals surface area contributed by atoms with Gasteiger partial charge in [0.2, 0.25) is 5.88 Å². The number of nitrogens with zero attached hydrogens (tertiary/aromatic N) is 3. The first kappa shape index (κ1) is 26.0. The lowest BCUT2D eigenvalue weighted by Gasteiger charge is -2.30. The zero-order valence-electron chi connectivity index (χ0n) is 20.9. The van der Waals surface area contributed by atoms with Gasteiger partial charge in [-0.15, -0.1) is 0 Å². The van der Waals surface area contributed by atoms with E-state index in [2.05, 4.69) is 15.3 Å². The van der Waals surface area contributed by atoms with Crippen molar-refractivity contribution >= 4 is 17.3 Å². The maximum absolute atomic E-state index is 12.9. The summed E-state index contributed by atoms with van der Waals surface area (Å²) in [7, 11) is 0. The maximum atomic E-state index is 12.9. The fourth-order valence-electron chi connectivity index (χ4n) is 4.49. The Hall–Kier alpha value is -4.66. The molecule has 1 saturated heterocycles. The standard InChI is InChI=1S/C30H25F3N4O2/c31-30(32,33)24-11-12-27(35-19-24)39-26-10-4-8-23(18-26)28(21-6-2-1-3-7-21)22-13-16-37(17-14-22)29(38)36-25-9-5-15-34-20-25/h1-12,15,18-20H,13-14,16-17H2,(H,36,38). The molecular formula is C30H25F3N4O2. The van der Waals surface area contributed by atoms with Gasteiger partial charge in [0.15, 0.2) is 0 Å². The number of hydrogen-bond acceptors (Lipinski definition) is 4. The van der Waals surface area contributed by atoms with Crippen molar-refractivity contribution in [3.8, 4) is 11.6 Å². The number of pyridine rings is 2. The summed E-state index contributed by atoms with van der Waals surface area (Å²) in [6.07, 6.45) is 0.938. The Morgan fingerprint density at radius 1 is 0.872 bits per heavy atom. The maximum Gasteiger partial charge on any atom is 0.417 e. The van der Waals surface area contributed by atoms with Crippen LogP contribution in [-0.2, 0) is 6.18 Å². The number of benzene rings is 2. The zero-order chi connectivity index (χ0) is 27.2. The lowest BCUT2D eigenvalue weighted by Crippen LogP contribution is -2.39. The molecule has 5 rings (SSSR count). The number of halogens is 3. The molecule has 6 nitrogen and oxygen atoms in total. The van der Waals surface area contributed by atoms with Gasteiger partial charge in [-0.05, 0) is 59.9 Å². The van der Waals surface area contributed by atoms with Crippen LogP contribution in [0.4, 0.5) is 23.7 Å². The van der Waals surface area contributed by atoms with Crippen LogP contribution in [0.25, 0.3) is 5.57 Å². The molecule has 39 heavy (non-hydrogen) atoms. The molecule has 0 bridgehead atoms. The predicted octanol–water partition coefficient (Wildman–Crippen LogP) is 7.42. The summed E-state index contributed by atoms with van der Waals surface area (Å²) in [6.45, 7) is 1.12. The van der Waals surface area contributed by atoms with Crippen LogP contribution in [0.3, 0.4) is 0 Å². The SMILES string of the molecule is O=C(Nc1cccnc1)N1CCC(=C(c2ccccc2)c2cccc(Oc3ccc(C(F)(F)F)cn3)c2)CC1. The summed E-state index contributed by atoms with van der Waals surface area (Å²) in [5, 5.41) is 2.88. The molecule has 0 unspecified atom stereocenters. The number of carbonyl (C=O) groups excluding carboxylic acids is 1.